The Balaban J connectivity index is 0.00000156. The van der Waals surface area contributed by atoms with Gasteiger partial charge in [0.25, 0.3) is 0 Å². The zero-order chi connectivity index (χ0) is 14.8. The molecule has 4 nitrogen and oxygen atoms in total. The van der Waals surface area contributed by atoms with E-state index in [9.17, 15) is 0 Å². The predicted molar refractivity (Wildman–Crippen MR) is 93.6 cm³/mol. The molecule has 3 aliphatic rings. The van der Waals surface area contributed by atoms with Gasteiger partial charge in [-0.15, -0.1) is 12.4 Å². The molecule has 0 saturated heterocycles. The average Bonchev–Trinajstić information content (AvgIpc) is 3.30. The van der Waals surface area contributed by atoms with E-state index in [-0.39, 0.29) is 12.4 Å². The molecule has 0 amide bonds. The van der Waals surface area contributed by atoms with E-state index in [1.807, 2.05) is 0 Å². The Labute approximate surface area is 145 Å². The quantitative estimate of drug-likeness (QED) is 0.894. The SMILES string of the molecule is C1CCC(CCOc2nc(C3CC3)nc3c2CCNCC3)C1.Cl. The maximum atomic E-state index is 6.16. The number of hydrogen-bond acceptors (Lipinski definition) is 4. The van der Waals surface area contributed by atoms with Gasteiger partial charge in [-0.25, -0.2) is 4.98 Å². The molecule has 2 heterocycles. The highest BCUT2D eigenvalue weighted by Gasteiger charge is 2.29. The Morgan fingerprint density at radius 3 is 2.57 bits per heavy atom. The van der Waals surface area contributed by atoms with Crippen LogP contribution in [0, 0.1) is 5.92 Å². The maximum Gasteiger partial charge on any atom is 0.220 e. The highest BCUT2D eigenvalue weighted by atomic mass is 35.5. The summed E-state index contributed by atoms with van der Waals surface area (Å²) in [7, 11) is 0. The molecular formula is C18H28ClN3O. The van der Waals surface area contributed by atoms with Gasteiger partial charge in [-0.1, -0.05) is 25.7 Å². The van der Waals surface area contributed by atoms with Gasteiger partial charge >= 0.3 is 0 Å². The topological polar surface area (TPSA) is 47.0 Å². The summed E-state index contributed by atoms with van der Waals surface area (Å²) in [4.78, 5) is 9.64. The van der Waals surface area contributed by atoms with Crippen molar-refractivity contribution in [1.82, 2.24) is 15.3 Å². The highest BCUT2D eigenvalue weighted by Crippen LogP contribution is 2.39. The summed E-state index contributed by atoms with van der Waals surface area (Å²) in [6.07, 6.45) is 11.3. The van der Waals surface area contributed by atoms with Gasteiger partial charge in [0.15, 0.2) is 0 Å². The lowest BCUT2D eigenvalue weighted by atomic mass is 10.1. The summed E-state index contributed by atoms with van der Waals surface area (Å²) in [5.74, 6) is 3.41. The van der Waals surface area contributed by atoms with Gasteiger partial charge in [0.1, 0.15) is 5.82 Å². The van der Waals surface area contributed by atoms with Crippen molar-refractivity contribution in [3.8, 4) is 5.88 Å². The fourth-order valence-corrected chi connectivity index (χ4v) is 3.79. The summed E-state index contributed by atoms with van der Waals surface area (Å²) in [6.45, 7) is 2.86. The van der Waals surface area contributed by atoms with E-state index in [0.29, 0.717) is 5.92 Å². The van der Waals surface area contributed by atoms with Gasteiger partial charge in [-0.3, -0.25) is 0 Å². The van der Waals surface area contributed by atoms with Crippen molar-refractivity contribution in [2.45, 2.75) is 63.7 Å². The molecule has 0 aromatic carbocycles. The lowest BCUT2D eigenvalue weighted by Gasteiger charge is -2.15. The van der Waals surface area contributed by atoms with Crippen molar-refractivity contribution < 1.29 is 4.74 Å². The fourth-order valence-electron chi connectivity index (χ4n) is 3.79. The first-order valence-electron chi connectivity index (χ1n) is 9.13. The van der Waals surface area contributed by atoms with Crippen LogP contribution in [0.3, 0.4) is 0 Å². The standard InChI is InChI=1S/C18H27N3O.ClH/c1-2-4-13(3-1)9-12-22-18-15-7-10-19-11-8-16(15)20-17(21-18)14-5-6-14;/h13-14,19H,1-12H2;1H. The molecule has 2 aliphatic carbocycles. The lowest BCUT2D eigenvalue weighted by molar-refractivity contribution is 0.265. The summed E-state index contributed by atoms with van der Waals surface area (Å²) in [5.41, 5.74) is 2.50. The smallest absolute Gasteiger partial charge is 0.220 e. The van der Waals surface area contributed by atoms with E-state index in [1.54, 1.807) is 0 Å². The summed E-state index contributed by atoms with van der Waals surface area (Å²) >= 11 is 0. The fraction of sp³-hybridized carbons (Fsp3) is 0.778. The summed E-state index contributed by atoms with van der Waals surface area (Å²) in [5, 5.41) is 3.46. The van der Waals surface area contributed by atoms with Crippen molar-refractivity contribution in [2.75, 3.05) is 19.7 Å². The molecule has 0 bridgehead atoms. The third-order valence-electron chi connectivity index (χ3n) is 5.34. The molecule has 5 heteroatoms. The molecule has 0 unspecified atom stereocenters. The van der Waals surface area contributed by atoms with Gasteiger partial charge in [0, 0.05) is 24.4 Å². The van der Waals surface area contributed by atoms with E-state index in [4.69, 9.17) is 14.7 Å². The highest BCUT2D eigenvalue weighted by molar-refractivity contribution is 5.85. The minimum Gasteiger partial charge on any atom is -0.477 e. The third kappa shape index (κ3) is 4.16. The molecule has 4 rings (SSSR count). The van der Waals surface area contributed by atoms with E-state index >= 15 is 0 Å². The van der Waals surface area contributed by atoms with Crippen LogP contribution in [0.25, 0.3) is 0 Å². The molecule has 1 N–H and O–H groups in total. The molecule has 0 spiro atoms. The zero-order valence-electron chi connectivity index (χ0n) is 13.9. The third-order valence-corrected chi connectivity index (χ3v) is 5.34. The molecule has 1 aromatic heterocycles. The lowest BCUT2D eigenvalue weighted by Crippen LogP contribution is -2.16. The number of rotatable bonds is 5. The first-order valence-corrected chi connectivity index (χ1v) is 9.13. The van der Waals surface area contributed by atoms with Crippen molar-refractivity contribution in [2.24, 2.45) is 5.92 Å². The first kappa shape index (κ1) is 17.0. The minimum atomic E-state index is 0. The average molecular weight is 338 g/mol. The molecule has 128 valence electrons. The Kier molecular flexibility index (Phi) is 5.76. The van der Waals surface area contributed by atoms with Gasteiger partial charge in [-0.05, 0) is 38.1 Å². The van der Waals surface area contributed by atoms with Crippen LogP contribution in [0.15, 0.2) is 0 Å². The van der Waals surface area contributed by atoms with Crippen LogP contribution in [-0.4, -0.2) is 29.7 Å². The molecule has 1 aliphatic heterocycles. The van der Waals surface area contributed by atoms with E-state index < -0.39 is 0 Å². The Bertz CT molecular complexity index is 527. The van der Waals surface area contributed by atoms with E-state index in [1.165, 1.54) is 56.2 Å². The number of aromatic nitrogens is 2. The van der Waals surface area contributed by atoms with Crippen LogP contribution >= 0.6 is 12.4 Å². The molecule has 0 atom stereocenters. The number of halogens is 1. The maximum absolute atomic E-state index is 6.16. The molecular weight excluding hydrogens is 310 g/mol. The van der Waals surface area contributed by atoms with Gasteiger partial charge in [0.05, 0.1) is 12.3 Å². The molecule has 0 radical (unpaired) electrons. The predicted octanol–water partition coefficient (Wildman–Crippen LogP) is 3.42. The number of fused-ring (bicyclic) bond motifs is 1. The Morgan fingerprint density at radius 1 is 1.00 bits per heavy atom. The van der Waals surface area contributed by atoms with E-state index in [2.05, 4.69) is 5.32 Å². The van der Waals surface area contributed by atoms with Gasteiger partial charge in [0.2, 0.25) is 5.88 Å². The minimum absolute atomic E-state index is 0. The van der Waals surface area contributed by atoms with Gasteiger partial charge in [-0.2, -0.15) is 4.98 Å². The molecule has 2 saturated carbocycles. The molecule has 1 aromatic rings. The summed E-state index contributed by atoms with van der Waals surface area (Å²) in [6, 6.07) is 0. The Hall–Kier alpha value is -0.870. The van der Waals surface area contributed by atoms with Crippen LogP contribution < -0.4 is 10.1 Å². The van der Waals surface area contributed by atoms with Crippen molar-refractivity contribution >= 4 is 12.4 Å². The van der Waals surface area contributed by atoms with Crippen LogP contribution in [0.5, 0.6) is 5.88 Å². The van der Waals surface area contributed by atoms with Crippen molar-refractivity contribution in [3.05, 3.63) is 17.1 Å². The second kappa shape index (κ2) is 7.80. The molecule has 2 fully saturated rings. The van der Waals surface area contributed by atoms with E-state index in [0.717, 1.165) is 50.2 Å². The van der Waals surface area contributed by atoms with Crippen LogP contribution in [-0.2, 0) is 12.8 Å². The van der Waals surface area contributed by atoms with Crippen LogP contribution in [0.4, 0.5) is 0 Å². The number of ether oxygens (including phenoxy) is 1. The van der Waals surface area contributed by atoms with Crippen LogP contribution in [0.1, 0.15) is 67.9 Å². The van der Waals surface area contributed by atoms with Crippen LogP contribution in [0.2, 0.25) is 0 Å². The monoisotopic (exact) mass is 337 g/mol. The summed E-state index contributed by atoms with van der Waals surface area (Å²) < 4.78 is 6.16. The normalized spacial score (nSPS) is 21.4. The van der Waals surface area contributed by atoms with Gasteiger partial charge < -0.3 is 10.1 Å². The first-order chi connectivity index (χ1) is 10.9. The molecule has 23 heavy (non-hydrogen) atoms. The zero-order valence-corrected chi connectivity index (χ0v) is 14.7. The number of hydrogen-bond donors (Lipinski definition) is 1. The Morgan fingerprint density at radius 2 is 1.78 bits per heavy atom. The number of nitrogens with zero attached hydrogens (tertiary/aromatic N) is 2. The second-order valence-corrected chi connectivity index (χ2v) is 7.12. The second-order valence-electron chi connectivity index (χ2n) is 7.12. The number of nitrogens with one attached hydrogen (secondary N) is 1. The largest absolute Gasteiger partial charge is 0.477 e. The van der Waals surface area contributed by atoms with Crippen molar-refractivity contribution in [3.63, 3.8) is 0 Å². The van der Waals surface area contributed by atoms with Crippen molar-refractivity contribution in [1.29, 1.82) is 0 Å².